The molecular weight excluding hydrogens is 366 g/mol. The van der Waals surface area contributed by atoms with Gasteiger partial charge in [0.1, 0.15) is 0 Å². The number of nitrogens with zero attached hydrogens (tertiary/aromatic N) is 5. The van der Waals surface area contributed by atoms with Gasteiger partial charge in [0.2, 0.25) is 11.8 Å². The van der Waals surface area contributed by atoms with Gasteiger partial charge in [-0.25, -0.2) is 0 Å². The maximum Gasteiger partial charge on any atom is 0.226 e. The Bertz CT molecular complexity index is 957. The number of benzene rings is 1. The largest absolute Gasteiger partial charge is 0.366 e. The minimum atomic E-state index is 0.203. The number of carbonyl (C=O) groups excluding carboxylic acids is 1. The zero-order chi connectivity index (χ0) is 20.1. The fourth-order valence-electron chi connectivity index (χ4n) is 3.82. The molecule has 29 heavy (non-hydrogen) atoms. The van der Waals surface area contributed by atoms with Crippen LogP contribution in [0.4, 0.5) is 5.69 Å². The van der Waals surface area contributed by atoms with Gasteiger partial charge in [-0.05, 0) is 12.8 Å². The molecule has 0 unspecified atom stereocenters. The van der Waals surface area contributed by atoms with Gasteiger partial charge in [-0.1, -0.05) is 36.3 Å². The molecule has 0 spiro atoms. The van der Waals surface area contributed by atoms with Gasteiger partial charge in [0.05, 0.1) is 11.9 Å². The maximum atomic E-state index is 12.6. The van der Waals surface area contributed by atoms with E-state index < -0.39 is 0 Å². The number of aromatic nitrogens is 3. The number of amides is 1. The normalized spacial score (nSPS) is 14.5. The molecule has 0 atom stereocenters. The van der Waals surface area contributed by atoms with E-state index in [2.05, 4.69) is 45.1 Å². The highest BCUT2D eigenvalue weighted by Gasteiger charge is 2.22. The summed E-state index contributed by atoms with van der Waals surface area (Å²) in [6, 6.07) is 8.30. The van der Waals surface area contributed by atoms with Crippen LogP contribution in [0.25, 0.3) is 10.8 Å². The quantitative estimate of drug-likeness (QED) is 0.613. The molecule has 152 valence electrons. The lowest BCUT2D eigenvalue weighted by Crippen LogP contribution is -2.48. The lowest BCUT2D eigenvalue weighted by molar-refractivity contribution is -0.131. The van der Waals surface area contributed by atoms with E-state index in [-0.39, 0.29) is 5.91 Å². The van der Waals surface area contributed by atoms with Crippen LogP contribution in [0.1, 0.15) is 37.9 Å². The average molecular weight is 393 g/mol. The van der Waals surface area contributed by atoms with E-state index in [0.717, 1.165) is 62.3 Å². The highest BCUT2D eigenvalue weighted by atomic mass is 16.5. The summed E-state index contributed by atoms with van der Waals surface area (Å²) in [7, 11) is 0. The number of hydrogen-bond donors (Lipinski definition) is 0. The molecule has 7 nitrogen and oxygen atoms in total. The van der Waals surface area contributed by atoms with E-state index in [1.165, 1.54) is 5.39 Å². The van der Waals surface area contributed by atoms with Crippen LogP contribution in [0, 0.1) is 0 Å². The van der Waals surface area contributed by atoms with Crippen LogP contribution in [0.5, 0.6) is 0 Å². The molecule has 0 N–H and O–H groups in total. The molecule has 4 rings (SSSR count). The predicted octanol–water partition coefficient (Wildman–Crippen LogP) is 3.24. The highest BCUT2D eigenvalue weighted by molar-refractivity contribution is 5.93. The summed E-state index contributed by atoms with van der Waals surface area (Å²) < 4.78 is 5.24. The molecule has 2 aromatic heterocycles. The Kier molecular flexibility index (Phi) is 6.03. The van der Waals surface area contributed by atoms with Gasteiger partial charge in [-0.15, -0.1) is 0 Å². The number of aryl methyl sites for hydroxylation is 2. The molecule has 1 fully saturated rings. The lowest BCUT2D eigenvalue weighted by atomic mass is 10.1. The Hall–Kier alpha value is -2.96. The molecule has 3 aromatic rings. The summed E-state index contributed by atoms with van der Waals surface area (Å²) in [5, 5.41) is 6.32. The van der Waals surface area contributed by atoms with Crippen molar-refractivity contribution >= 4 is 22.4 Å². The number of anilines is 1. The van der Waals surface area contributed by atoms with E-state index in [1.807, 2.05) is 23.4 Å². The van der Waals surface area contributed by atoms with Gasteiger partial charge in [-0.3, -0.25) is 9.78 Å². The number of pyridine rings is 1. The van der Waals surface area contributed by atoms with Gasteiger partial charge >= 0.3 is 0 Å². The minimum Gasteiger partial charge on any atom is -0.366 e. The third kappa shape index (κ3) is 4.55. The Balaban J connectivity index is 1.27. The summed E-state index contributed by atoms with van der Waals surface area (Å²) >= 11 is 0. The number of hydrogen-bond acceptors (Lipinski definition) is 6. The van der Waals surface area contributed by atoms with Gasteiger partial charge in [0, 0.05) is 62.4 Å². The van der Waals surface area contributed by atoms with Gasteiger partial charge in [0.15, 0.2) is 5.82 Å². The Morgan fingerprint density at radius 3 is 2.76 bits per heavy atom. The topological polar surface area (TPSA) is 75.4 Å². The van der Waals surface area contributed by atoms with E-state index in [4.69, 9.17) is 4.52 Å². The highest BCUT2D eigenvalue weighted by Crippen LogP contribution is 2.26. The van der Waals surface area contributed by atoms with Crippen LogP contribution >= 0.6 is 0 Å². The summed E-state index contributed by atoms with van der Waals surface area (Å²) in [5.41, 5.74) is 1.15. The van der Waals surface area contributed by atoms with Crippen LogP contribution in [0.2, 0.25) is 0 Å². The van der Waals surface area contributed by atoms with E-state index in [0.29, 0.717) is 18.7 Å². The minimum absolute atomic E-state index is 0.203. The molecule has 1 amide bonds. The molecular formula is C22H27N5O2. The van der Waals surface area contributed by atoms with Crippen molar-refractivity contribution in [1.29, 1.82) is 0 Å². The summed E-state index contributed by atoms with van der Waals surface area (Å²) in [6.45, 7) is 5.22. The van der Waals surface area contributed by atoms with Crippen molar-refractivity contribution in [3.05, 3.63) is 48.4 Å². The molecule has 0 saturated carbocycles. The number of carbonyl (C=O) groups is 1. The van der Waals surface area contributed by atoms with Crippen molar-refractivity contribution in [1.82, 2.24) is 20.0 Å². The van der Waals surface area contributed by atoms with Crippen molar-refractivity contribution < 1.29 is 9.32 Å². The van der Waals surface area contributed by atoms with Gasteiger partial charge in [0.25, 0.3) is 0 Å². The Morgan fingerprint density at radius 1 is 1.10 bits per heavy atom. The molecule has 1 aliphatic rings. The van der Waals surface area contributed by atoms with Crippen molar-refractivity contribution in [3.63, 3.8) is 0 Å². The fourth-order valence-corrected chi connectivity index (χ4v) is 3.82. The van der Waals surface area contributed by atoms with Crippen molar-refractivity contribution in [2.75, 3.05) is 31.1 Å². The van der Waals surface area contributed by atoms with Crippen molar-refractivity contribution in [2.45, 2.75) is 39.0 Å². The molecule has 0 aliphatic carbocycles. The van der Waals surface area contributed by atoms with E-state index in [1.54, 1.807) is 0 Å². The van der Waals surface area contributed by atoms with E-state index >= 15 is 0 Å². The summed E-state index contributed by atoms with van der Waals surface area (Å²) in [4.78, 5) is 25.6. The first kappa shape index (κ1) is 19.4. The first-order valence-corrected chi connectivity index (χ1v) is 10.4. The number of fused-ring (bicyclic) bond motifs is 1. The van der Waals surface area contributed by atoms with Crippen LogP contribution in [-0.4, -0.2) is 52.1 Å². The fraction of sp³-hybridized carbons (Fsp3) is 0.455. The second kappa shape index (κ2) is 9.03. The molecule has 0 bridgehead atoms. The molecule has 7 heteroatoms. The van der Waals surface area contributed by atoms with Crippen LogP contribution in [0.15, 0.2) is 41.2 Å². The molecule has 3 heterocycles. The predicted molar refractivity (Wildman–Crippen MR) is 112 cm³/mol. The van der Waals surface area contributed by atoms with Crippen LogP contribution in [0.3, 0.4) is 0 Å². The van der Waals surface area contributed by atoms with E-state index in [9.17, 15) is 4.79 Å². The summed E-state index contributed by atoms with van der Waals surface area (Å²) in [6.07, 6.45) is 7.56. The van der Waals surface area contributed by atoms with Crippen molar-refractivity contribution in [3.8, 4) is 0 Å². The van der Waals surface area contributed by atoms with Crippen LogP contribution in [-0.2, 0) is 17.6 Å². The smallest absolute Gasteiger partial charge is 0.226 e. The SMILES string of the molecule is CCCc1noc(CCCC(=O)N2CCN(c3cncc4ccccc34)CC2)n1. The first-order valence-electron chi connectivity index (χ1n) is 10.4. The maximum absolute atomic E-state index is 12.6. The Labute approximate surface area is 170 Å². The number of rotatable bonds is 7. The zero-order valence-electron chi connectivity index (χ0n) is 16.9. The monoisotopic (exact) mass is 393 g/mol. The standard InChI is InChI=1S/C22H27N5O2/c1-2-6-20-24-21(29-25-20)9-5-10-22(28)27-13-11-26(12-14-27)19-16-23-15-17-7-3-4-8-18(17)19/h3-4,7-8,15-16H,2,5-6,9-14H2,1H3. The Morgan fingerprint density at radius 2 is 1.93 bits per heavy atom. The molecule has 1 saturated heterocycles. The van der Waals surface area contributed by atoms with Crippen molar-refractivity contribution in [2.24, 2.45) is 0 Å². The zero-order valence-corrected chi connectivity index (χ0v) is 16.9. The van der Waals surface area contributed by atoms with Gasteiger partial charge in [-0.2, -0.15) is 4.98 Å². The lowest BCUT2D eigenvalue weighted by Gasteiger charge is -2.36. The molecule has 0 radical (unpaired) electrons. The third-order valence-corrected chi connectivity index (χ3v) is 5.39. The second-order valence-electron chi connectivity index (χ2n) is 7.46. The first-order chi connectivity index (χ1) is 14.2. The summed E-state index contributed by atoms with van der Waals surface area (Å²) in [5.74, 6) is 1.59. The van der Waals surface area contributed by atoms with Crippen LogP contribution < -0.4 is 4.90 Å². The molecule has 1 aliphatic heterocycles. The third-order valence-electron chi connectivity index (χ3n) is 5.39. The average Bonchev–Trinajstić information content (AvgIpc) is 3.21. The number of piperazine rings is 1. The second-order valence-corrected chi connectivity index (χ2v) is 7.46. The molecule has 1 aromatic carbocycles. The van der Waals surface area contributed by atoms with Gasteiger partial charge < -0.3 is 14.3 Å².